The maximum atomic E-state index is 11.0. The van der Waals surface area contributed by atoms with Crippen LogP contribution in [0.1, 0.15) is 15.9 Å². The summed E-state index contributed by atoms with van der Waals surface area (Å²) in [6.45, 7) is 1.94. The molecule has 0 spiro atoms. The van der Waals surface area contributed by atoms with Crippen molar-refractivity contribution in [3.8, 4) is 11.4 Å². The SMILES string of the molecule is Cc1ccncc1-c1nnc2ccc(C(=O)O)cn12. The molecule has 0 amide bonds. The second-order valence-corrected chi connectivity index (χ2v) is 4.17. The topological polar surface area (TPSA) is 80.4 Å². The highest BCUT2D eigenvalue weighted by molar-refractivity contribution is 5.87. The minimum atomic E-state index is -0.982. The van der Waals surface area contributed by atoms with Gasteiger partial charge in [-0.3, -0.25) is 9.38 Å². The first kappa shape index (κ1) is 11.3. The van der Waals surface area contributed by atoms with Crippen LogP contribution in [0.3, 0.4) is 0 Å². The summed E-state index contributed by atoms with van der Waals surface area (Å²) in [5.74, 6) is -0.395. The fourth-order valence-electron chi connectivity index (χ4n) is 1.90. The van der Waals surface area contributed by atoms with Crippen molar-refractivity contribution in [2.24, 2.45) is 0 Å². The number of aryl methyl sites for hydroxylation is 1. The van der Waals surface area contributed by atoms with Gasteiger partial charge < -0.3 is 5.11 Å². The molecule has 0 bridgehead atoms. The summed E-state index contributed by atoms with van der Waals surface area (Å²) in [6, 6.07) is 5.01. The number of nitrogens with zero attached hydrogens (tertiary/aromatic N) is 4. The lowest BCUT2D eigenvalue weighted by Gasteiger charge is -2.03. The zero-order chi connectivity index (χ0) is 13.4. The van der Waals surface area contributed by atoms with Crippen LogP contribution in [0.15, 0.2) is 36.8 Å². The van der Waals surface area contributed by atoms with Crippen LogP contribution in [0, 0.1) is 6.92 Å². The van der Waals surface area contributed by atoms with Crippen LogP contribution in [-0.4, -0.2) is 30.7 Å². The number of carboxylic acid groups (broad SMARTS) is 1. The predicted octanol–water partition coefficient (Wildman–Crippen LogP) is 1.80. The maximum Gasteiger partial charge on any atom is 0.337 e. The first-order valence-corrected chi connectivity index (χ1v) is 5.66. The molecule has 3 rings (SSSR count). The first-order chi connectivity index (χ1) is 9.16. The van der Waals surface area contributed by atoms with Gasteiger partial charge in [-0.15, -0.1) is 10.2 Å². The Balaban J connectivity index is 2.27. The lowest BCUT2D eigenvalue weighted by Crippen LogP contribution is -2.00. The summed E-state index contributed by atoms with van der Waals surface area (Å²) >= 11 is 0. The molecule has 94 valence electrons. The van der Waals surface area contributed by atoms with Crippen molar-refractivity contribution >= 4 is 11.6 Å². The molecule has 0 saturated heterocycles. The Morgan fingerprint density at radius 1 is 1.26 bits per heavy atom. The normalized spacial score (nSPS) is 10.8. The van der Waals surface area contributed by atoms with Gasteiger partial charge in [0.05, 0.1) is 5.56 Å². The minimum Gasteiger partial charge on any atom is -0.478 e. The first-order valence-electron chi connectivity index (χ1n) is 5.66. The van der Waals surface area contributed by atoms with E-state index in [0.717, 1.165) is 11.1 Å². The molecule has 3 heterocycles. The van der Waals surface area contributed by atoms with Crippen molar-refractivity contribution in [3.05, 3.63) is 47.9 Å². The van der Waals surface area contributed by atoms with Crippen LogP contribution >= 0.6 is 0 Å². The molecule has 0 atom stereocenters. The van der Waals surface area contributed by atoms with Crippen LogP contribution in [0.2, 0.25) is 0 Å². The van der Waals surface area contributed by atoms with E-state index in [-0.39, 0.29) is 5.56 Å². The van der Waals surface area contributed by atoms with Gasteiger partial charge in [0.1, 0.15) is 0 Å². The Morgan fingerprint density at radius 2 is 2.11 bits per heavy atom. The van der Waals surface area contributed by atoms with Crippen molar-refractivity contribution in [1.29, 1.82) is 0 Å². The zero-order valence-corrected chi connectivity index (χ0v) is 10.1. The zero-order valence-electron chi connectivity index (χ0n) is 10.1. The van der Waals surface area contributed by atoms with Gasteiger partial charge in [0.15, 0.2) is 11.5 Å². The number of fused-ring (bicyclic) bond motifs is 1. The van der Waals surface area contributed by atoms with E-state index in [1.807, 2.05) is 13.0 Å². The molecule has 19 heavy (non-hydrogen) atoms. The Morgan fingerprint density at radius 3 is 2.84 bits per heavy atom. The summed E-state index contributed by atoms with van der Waals surface area (Å²) in [4.78, 5) is 15.1. The van der Waals surface area contributed by atoms with Crippen LogP contribution in [0.4, 0.5) is 0 Å². The van der Waals surface area contributed by atoms with Crippen molar-refractivity contribution in [2.45, 2.75) is 6.92 Å². The molecule has 6 heteroatoms. The van der Waals surface area contributed by atoms with Crippen LogP contribution in [-0.2, 0) is 0 Å². The molecule has 3 aromatic heterocycles. The number of rotatable bonds is 2. The Hall–Kier alpha value is -2.76. The number of carbonyl (C=O) groups is 1. The van der Waals surface area contributed by atoms with Gasteiger partial charge in [-0.2, -0.15) is 0 Å². The summed E-state index contributed by atoms with van der Waals surface area (Å²) in [5, 5.41) is 17.2. The van der Waals surface area contributed by atoms with Crippen LogP contribution < -0.4 is 0 Å². The number of hydrogen-bond donors (Lipinski definition) is 1. The average molecular weight is 254 g/mol. The number of aromatic carboxylic acids is 1. The maximum absolute atomic E-state index is 11.0. The van der Waals surface area contributed by atoms with Gasteiger partial charge in [-0.1, -0.05) is 0 Å². The fourth-order valence-corrected chi connectivity index (χ4v) is 1.90. The molecular formula is C13H10N4O2. The Bertz CT molecular complexity index is 779. The third-order valence-electron chi connectivity index (χ3n) is 2.93. The summed E-state index contributed by atoms with van der Waals surface area (Å²) in [5.41, 5.74) is 2.63. The van der Waals surface area contributed by atoms with E-state index in [9.17, 15) is 4.79 Å². The highest BCUT2D eigenvalue weighted by Gasteiger charge is 2.12. The quantitative estimate of drug-likeness (QED) is 0.754. The standard InChI is InChI=1S/C13H10N4O2/c1-8-4-5-14-6-10(8)12-16-15-11-3-2-9(13(18)19)7-17(11)12/h2-7H,1H3,(H,18,19). The van der Waals surface area contributed by atoms with E-state index >= 15 is 0 Å². The third-order valence-corrected chi connectivity index (χ3v) is 2.93. The highest BCUT2D eigenvalue weighted by Crippen LogP contribution is 2.21. The van der Waals surface area contributed by atoms with E-state index in [1.54, 1.807) is 22.9 Å². The number of carboxylic acids is 1. The molecule has 0 aromatic carbocycles. The number of aromatic nitrogens is 4. The fraction of sp³-hybridized carbons (Fsp3) is 0.0769. The Kier molecular flexibility index (Phi) is 2.49. The van der Waals surface area contributed by atoms with Gasteiger partial charge in [-0.25, -0.2) is 4.79 Å². The monoisotopic (exact) mass is 254 g/mol. The molecule has 0 saturated carbocycles. The molecule has 0 aliphatic carbocycles. The van der Waals surface area contributed by atoms with E-state index in [2.05, 4.69) is 15.2 Å². The van der Waals surface area contributed by atoms with Gasteiger partial charge in [0.25, 0.3) is 0 Å². The van der Waals surface area contributed by atoms with Gasteiger partial charge in [0.2, 0.25) is 0 Å². The van der Waals surface area contributed by atoms with Crippen molar-refractivity contribution in [2.75, 3.05) is 0 Å². The second-order valence-electron chi connectivity index (χ2n) is 4.17. The lowest BCUT2D eigenvalue weighted by molar-refractivity contribution is 0.0696. The molecule has 6 nitrogen and oxygen atoms in total. The van der Waals surface area contributed by atoms with Gasteiger partial charge in [-0.05, 0) is 30.7 Å². The van der Waals surface area contributed by atoms with E-state index < -0.39 is 5.97 Å². The minimum absolute atomic E-state index is 0.190. The number of hydrogen-bond acceptors (Lipinski definition) is 4. The molecular weight excluding hydrogens is 244 g/mol. The smallest absolute Gasteiger partial charge is 0.337 e. The molecule has 0 aliphatic rings. The van der Waals surface area contributed by atoms with Crippen molar-refractivity contribution in [3.63, 3.8) is 0 Å². The lowest BCUT2D eigenvalue weighted by atomic mass is 10.1. The van der Waals surface area contributed by atoms with Crippen LogP contribution in [0.25, 0.3) is 17.0 Å². The van der Waals surface area contributed by atoms with Crippen molar-refractivity contribution in [1.82, 2.24) is 19.6 Å². The van der Waals surface area contributed by atoms with E-state index in [1.165, 1.54) is 12.3 Å². The van der Waals surface area contributed by atoms with Crippen LogP contribution in [0.5, 0.6) is 0 Å². The molecule has 0 unspecified atom stereocenters. The van der Waals surface area contributed by atoms with E-state index in [4.69, 9.17) is 5.11 Å². The molecule has 0 aliphatic heterocycles. The van der Waals surface area contributed by atoms with E-state index in [0.29, 0.717) is 11.5 Å². The third kappa shape index (κ3) is 1.83. The predicted molar refractivity (Wildman–Crippen MR) is 67.9 cm³/mol. The average Bonchev–Trinajstić information content (AvgIpc) is 2.82. The largest absolute Gasteiger partial charge is 0.478 e. The summed E-state index contributed by atoms with van der Waals surface area (Å²) in [7, 11) is 0. The molecule has 0 radical (unpaired) electrons. The van der Waals surface area contributed by atoms with Gasteiger partial charge >= 0.3 is 5.97 Å². The molecule has 0 fully saturated rings. The van der Waals surface area contributed by atoms with Gasteiger partial charge in [0, 0.05) is 24.2 Å². The highest BCUT2D eigenvalue weighted by atomic mass is 16.4. The molecule has 3 aromatic rings. The Labute approximate surface area is 108 Å². The van der Waals surface area contributed by atoms with Crippen molar-refractivity contribution < 1.29 is 9.90 Å². The molecule has 1 N–H and O–H groups in total. The number of pyridine rings is 2. The second kappa shape index (κ2) is 4.16. The summed E-state index contributed by atoms with van der Waals surface area (Å²) < 4.78 is 1.66. The summed E-state index contributed by atoms with van der Waals surface area (Å²) in [6.07, 6.45) is 4.91.